The lowest BCUT2D eigenvalue weighted by Crippen LogP contribution is -2.45. The molecule has 0 bridgehead atoms. The maximum Gasteiger partial charge on any atom is 0.319 e. The number of carbonyl (C=O) groups excluding carboxylic acids is 1. The molecule has 1 atom stereocenters. The van der Waals surface area contributed by atoms with Crippen LogP contribution >= 0.6 is 0 Å². The van der Waals surface area contributed by atoms with Gasteiger partial charge in [0.2, 0.25) is 0 Å². The van der Waals surface area contributed by atoms with Gasteiger partial charge in [-0.25, -0.2) is 4.79 Å². The zero-order chi connectivity index (χ0) is 13.5. The van der Waals surface area contributed by atoms with Gasteiger partial charge in [-0.05, 0) is 18.6 Å². The number of para-hydroxylation sites is 2. The fraction of sp³-hybridized carbons (Fsp3) is 0.333. The second kappa shape index (κ2) is 6.48. The van der Waals surface area contributed by atoms with Gasteiger partial charge in [0.05, 0.1) is 18.8 Å². The zero-order valence-corrected chi connectivity index (χ0v) is 10.5. The Morgan fingerprint density at radius 1 is 1.50 bits per heavy atom. The third-order valence-corrected chi connectivity index (χ3v) is 2.44. The Morgan fingerprint density at radius 2 is 2.17 bits per heavy atom. The highest BCUT2D eigenvalue weighted by Gasteiger charge is 2.13. The maximum absolute atomic E-state index is 11.7. The van der Waals surface area contributed by atoms with E-state index in [0.717, 1.165) is 0 Å². The van der Waals surface area contributed by atoms with Crippen molar-refractivity contribution in [2.24, 2.45) is 5.73 Å². The highest BCUT2D eigenvalue weighted by molar-refractivity contribution is 5.94. The van der Waals surface area contributed by atoms with Crippen molar-refractivity contribution in [3.63, 3.8) is 0 Å². The first-order chi connectivity index (χ1) is 8.58. The number of amides is 2. The summed E-state index contributed by atoms with van der Waals surface area (Å²) in [5.74, 6) is 0.510. The Bertz CT molecular complexity index is 434. The van der Waals surface area contributed by atoms with Gasteiger partial charge in [-0.3, -0.25) is 5.41 Å². The molecule has 0 aliphatic carbocycles. The van der Waals surface area contributed by atoms with E-state index in [1.165, 1.54) is 7.11 Å². The summed E-state index contributed by atoms with van der Waals surface area (Å²) < 4.78 is 5.12. The predicted molar refractivity (Wildman–Crippen MR) is 71.1 cm³/mol. The van der Waals surface area contributed by atoms with Crippen molar-refractivity contribution in [1.29, 1.82) is 5.41 Å². The van der Waals surface area contributed by atoms with Crippen molar-refractivity contribution < 1.29 is 9.53 Å². The van der Waals surface area contributed by atoms with Crippen molar-refractivity contribution in [3.05, 3.63) is 24.3 Å². The second-order valence-electron chi connectivity index (χ2n) is 3.71. The van der Waals surface area contributed by atoms with E-state index < -0.39 is 12.1 Å². The zero-order valence-electron chi connectivity index (χ0n) is 10.5. The molecule has 18 heavy (non-hydrogen) atoms. The minimum absolute atomic E-state index is 0.0623. The van der Waals surface area contributed by atoms with E-state index in [1.807, 2.05) is 13.0 Å². The molecule has 0 saturated heterocycles. The number of anilines is 1. The van der Waals surface area contributed by atoms with Crippen molar-refractivity contribution in [2.75, 3.05) is 12.4 Å². The summed E-state index contributed by atoms with van der Waals surface area (Å²) >= 11 is 0. The molecule has 0 saturated carbocycles. The van der Waals surface area contributed by atoms with Crippen LogP contribution in [0.2, 0.25) is 0 Å². The first kappa shape index (κ1) is 13.8. The van der Waals surface area contributed by atoms with Crippen molar-refractivity contribution in [3.8, 4) is 5.75 Å². The Hall–Kier alpha value is -2.24. The van der Waals surface area contributed by atoms with Crippen LogP contribution in [0.25, 0.3) is 0 Å². The first-order valence-corrected chi connectivity index (χ1v) is 5.63. The van der Waals surface area contributed by atoms with Gasteiger partial charge < -0.3 is 21.1 Å². The SMILES string of the molecule is CCC(NC(=O)Nc1ccccc1OC)C(=N)N. The molecule has 2 amide bonds. The molecule has 0 fully saturated rings. The molecular weight excluding hydrogens is 232 g/mol. The molecule has 0 aliphatic rings. The van der Waals surface area contributed by atoms with E-state index in [2.05, 4.69) is 10.6 Å². The van der Waals surface area contributed by atoms with Gasteiger partial charge >= 0.3 is 6.03 Å². The van der Waals surface area contributed by atoms with Gasteiger partial charge in [0, 0.05) is 0 Å². The Kier molecular flexibility index (Phi) is 4.98. The third kappa shape index (κ3) is 3.65. The smallest absolute Gasteiger partial charge is 0.319 e. The third-order valence-electron chi connectivity index (χ3n) is 2.44. The van der Waals surface area contributed by atoms with Crippen LogP contribution in [0.5, 0.6) is 5.75 Å². The number of hydrogen-bond donors (Lipinski definition) is 4. The minimum atomic E-state index is -0.459. The number of hydrogen-bond acceptors (Lipinski definition) is 3. The normalized spacial score (nSPS) is 11.4. The Morgan fingerprint density at radius 3 is 2.72 bits per heavy atom. The van der Waals surface area contributed by atoms with Crippen LogP contribution in [-0.4, -0.2) is 25.0 Å². The van der Waals surface area contributed by atoms with Crippen LogP contribution in [0.15, 0.2) is 24.3 Å². The molecule has 1 aromatic carbocycles. The van der Waals surface area contributed by atoms with Gasteiger partial charge in [-0.1, -0.05) is 19.1 Å². The van der Waals surface area contributed by atoms with E-state index in [1.54, 1.807) is 18.2 Å². The Labute approximate surface area is 106 Å². The number of ether oxygens (including phenoxy) is 1. The first-order valence-electron chi connectivity index (χ1n) is 5.63. The molecule has 6 heteroatoms. The molecule has 0 spiro atoms. The number of methoxy groups -OCH3 is 1. The Balaban J connectivity index is 2.67. The summed E-state index contributed by atoms with van der Waals surface area (Å²) in [5, 5.41) is 12.6. The molecule has 1 rings (SSSR count). The number of carbonyl (C=O) groups is 1. The van der Waals surface area contributed by atoms with Crippen LogP contribution in [0, 0.1) is 5.41 Å². The summed E-state index contributed by atoms with van der Waals surface area (Å²) in [6.45, 7) is 1.84. The molecule has 5 N–H and O–H groups in total. The quantitative estimate of drug-likeness (QED) is 0.471. The molecule has 1 unspecified atom stereocenters. The molecule has 0 aliphatic heterocycles. The fourth-order valence-corrected chi connectivity index (χ4v) is 1.46. The lowest BCUT2D eigenvalue weighted by atomic mass is 10.2. The lowest BCUT2D eigenvalue weighted by Gasteiger charge is -2.16. The van der Waals surface area contributed by atoms with E-state index in [-0.39, 0.29) is 5.84 Å². The van der Waals surface area contributed by atoms with Gasteiger partial charge in [-0.2, -0.15) is 0 Å². The molecule has 6 nitrogen and oxygen atoms in total. The largest absolute Gasteiger partial charge is 0.495 e. The number of amidine groups is 1. The second-order valence-corrected chi connectivity index (χ2v) is 3.71. The van der Waals surface area contributed by atoms with Crippen molar-refractivity contribution >= 4 is 17.6 Å². The topological polar surface area (TPSA) is 100 Å². The molecule has 98 valence electrons. The highest BCUT2D eigenvalue weighted by atomic mass is 16.5. The van der Waals surface area contributed by atoms with Crippen LogP contribution < -0.4 is 21.1 Å². The predicted octanol–water partition coefficient (Wildman–Crippen LogP) is 1.53. The molecular formula is C12H18N4O2. The van der Waals surface area contributed by atoms with E-state index in [4.69, 9.17) is 15.9 Å². The molecule has 0 aromatic heterocycles. The summed E-state index contributed by atoms with van der Waals surface area (Å²) in [6, 6.07) is 6.21. The van der Waals surface area contributed by atoms with Crippen molar-refractivity contribution in [1.82, 2.24) is 5.32 Å². The van der Waals surface area contributed by atoms with Gasteiger partial charge in [0.1, 0.15) is 11.6 Å². The van der Waals surface area contributed by atoms with Gasteiger partial charge in [0.25, 0.3) is 0 Å². The molecule has 0 radical (unpaired) electrons. The maximum atomic E-state index is 11.7. The van der Waals surface area contributed by atoms with Crippen LogP contribution in [0.4, 0.5) is 10.5 Å². The van der Waals surface area contributed by atoms with Crippen LogP contribution in [0.1, 0.15) is 13.3 Å². The summed E-state index contributed by atoms with van der Waals surface area (Å²) in [7, 11) is 1.53. The summed E-state index contributed by atoms with van der Waals surface area (Å²) in [5.41, 5.74) is 5.93. The van der Waals surface area contributed by atoms with E-state index in [9.17, 15) is 4.79 Å². The van der Waals surface area contributed by atoms with Crippen LogP contribution in [0.3, 0.4) is 0 Å². The number of nitrogens with one attached hydrogen (secondary N) is 3. The number of urea groups is 1. The number of rotatable bonds is 5. The summed E-state index contributed by atoms with van der Waals surface area (Å²) in [6.07, 6.45) is 0.564. The number of nitrogens with two attached hydrogens (primary N) is 1. The average molecular weight is 250 g/mol. The van der Waals surface area contributed by atoms with Gasteiger partial charge in [-0.15, -0.1) is 0 Å². The average Bonchev–Trinajstić information content (AvgIpc) is 2.36. The minimum Gasteiger partial charge on any atom is -0.495 e. The molecule has 0 heterocycles. The standard InChI is InChI=1S/C12H18N4O2/c1-3-8(11(13)14)15-12(17)16-9-6-4-5-7-10(9)18-2/h4-8H,3H2,1-2H3,(H3,13,14)(H2,15,16,17). The fourth-order valence-electron chi connectivity index (χ4n) is 1.46. The molecule has 1 aromatic rings. The van der Waals surface area contributed by atoms with Gasteiger partial charge in [0.15, 0.2) is 0 Å². The van der Waals surface area contributed by atoms with E-state index in [0.29, 0.717) is 17.9 Å². The summed E-state index contributed by atoms with van der Waals surface area (Å²) in [4.78, 5) is 11.7. The van der Waals surface area contributed by atoms with Crippen LogP contribution in [-0.2, 0) is 0 Å². The monoisotopic (exact) mass is 250 g/mol. The van der Waals surface area contributed by atoms with Crippen molar-refractivity contribution in [2.45, 2.75) is 19.4 Å². The van der Waals surface area contributed by atoms with E-state index >= 15 is 0 Å². The number of benzene rings is 1. The lowest BCUT2D eigenvalue weighted by molar-refractivity contribution is 0.250. The highest BCUT2D eigenvalue weighted by Crippen LogP contribution is 2.22.